The summed E-state index contributed by atoms with van der Waals surface area (Å²) in [7, 11) is 3.53. The van der Waals surface area contributed by atoms with Crippen LogP contribution in [-0.2, 0) is 18.4 Å². The zero-order valence-corrected chi connectivity index (χ0v) is 24.2. The van der Waals surface area contributed by atoms with Crippen molar-refractivity contribution in [3.8, 4) is 17.3 Å². The predicted molar refractivity (Wildman–Crippen MR) is 157 cm³/mol. The van der Waals surface area contributed by atoms with E-state index in [2.05, 4.69) is 22.8 Å². The second-order valence-electron chi connectivity index (χ2n) is 12.2. The summed E-state index contributed by atoms with van der Waals surface area (Å²) in [5.74, 6) is 1.94. The van der Waals surface area contributed by atoms with Crippen LogP contribution in [0.2, 0.25) is 0 Å². The summed E-state index contributed by atoms with van der Waals surface area (Å²) in [5, 5.41) is 1.04. The summed E-state index contributed by atoms with van der Waals surface area (Å²) in [6.45, 7) is 4.20. The van der Waals surface area contributed by atoms with Crippen molar-refractivity contribution >= 4 is 33.9 Å². The largest absolute Gasteiger partial charge is 0.494 e. The zero-order valence-electron chi connectivity index (χ0n) is 24.2. The molecule has 2 N–H and O–H groups in total. The van der Waals surface area contributed by atoms with Crippen molar-refractivity contribution in [2.24, 2.45) is 18.7 Å². The first-order chi connectivity index (χ1) is 20.2. The second kappa shape index (κ2) is 10.1. The van der Waals surface area contributed by atoms with E-state index >= 15 is 0 Å². The fourth-order valence-electron chi connectivity index (χ4n) is 6.46. The highest BCUT2D eigenvalue weighted by Crippen LogP contribution is 2.38. The van der Waals surface area contributed by atoms with Gasteiger partial charge in [-0.15, -0.1) is 0 Å². The summed E-state index contributed by atoms with van der Waals surface area (Å²) in [6.07, 6.45) is 1.51. The molecule has 1 aromatic carbocycles. The van der Waals surface area contributed by atoms with E-state index in [0.717, 1.165) is 40.3 Å². The lowest BCUT2D eigenvalue weighted by Gasteiger charge is -2.38. The number of benzene rings is 1. The number of alkyl halides is 1. The Bertz CT molecular complexity index is 1710. The van der Waals surface area contributed by atoms with Gasteiger partial charge in [-0.2, -0.15) is 0 Å². The van der Waals surface area contributed by atoms with Crippen LogP contribution in [0.4, 0.5) is 4.39 Å². The van der Waals surface area contributed by atoms with Gasteiger partial charge in [0.1, 0.15) is 23.1 Å². The number of hydrogen-bond acceptors (Lipinski definition) is 6. The van der Waals surface area contributed by atoms with Crippen LogP contribution in [0, 0.1) is 5.92 Å². The molecule has 2 amide bonds. The minimum Gasteiger partial charge on any atom is -0.494 e. The number of hydrogen-bond donors (Lipinski definition) is 1. The molecule has 10 nitrogen and oxygen atoms in total. The predicted octanol–water partition coefficient (Wildman–Crippen LogP) is 3.47. The van der Waals surface area contributed by atoms with Crippen LogP contribution >= 0.6 is 0 Å². The van der Waals surface area contributed by atoms with E-state index < -0.39 is 6.17 Å². The average Bonchev–Trinajstić information content (AvgIpc) is 3.60. The minimum atomic E-state index is -1.13. The molecule has 1 saturated carbocycles. The molecular weight excluding hydrogens is 537 g/mol. The van der Waals surface area contributed by atoms with E-state index in [1.807, 2.05) is 16.5 Å². The smallest absolute Gasteiger partial charge is 0.254 e. The molecule has 0 unspecified atom stereocenters. The first-order valence-corrected chi connectivity index (χ1v) is 14.7. The van der Waals surface area contributed by atoms with Gasteiger partial charge in [0.25, 0.3) is 5.91 Å². The lowest BCUT2D eigenvalue weighted by molar-refractivity contribution is -0.133. The minimum absolute atomic E-state index is 0.0320. The summed E-state index contributed by atoms with van der Waals surface area (Å²) in [6, 6.07) is 9.40. The number of methoxy groups -OCH3 is 1. The van der Waals surface area contributed by atoms with Crippen molar-refractivity contribution in [3.05, 3.63) is 41.6 Å². The SMILES string of the molecule is COc1cc(C(=O)N2C[C@H](N)C[C@@H](F)C2)cc2nc(-c3cc4ccc(C5CN(C(C)=O)C5)nc4n3CC3CC3)n(C)c12. The Labute approximate surface area is 243 Å². The molecule has 0 radical (unpaired) electrons. The molecule has 11 heteroatoms. The lowest BCUT2D eigenvalue weighted by atomic mass is 9.95. The van der Waals surface area contributed by atoms with E-state index in [9.17, 15) is 14.0 Å². The molecule has 3 aliphatic rings. The van der Waals surface area contributed by atoms with Gasteiger partial charge in [0.2, 0.25) is 5.91 Å². The van der Waals surface area contributed by atoms with Gasteiger partial charge in [0, 0.05) is 68.8 Å². The lowest BCUT2D eigenvalue weighted by Crippen LogP contribution is -2.50. The Hall–Kier alpha value is -3.99. The first-order valence-electron chi connectivity index (χ1n) is 14.7. The van der Waals surface area contributed by atoms with E-state index in [-0.39, 0.29) is 36.7 Å². The number of nitrogens with zero attached hydrogens (tertiary/aromatic N) is 6. The first kappa shape index (κ1) is 26.9. The third-order valence-corrected chi connectivity index (χ3v) is 9.00. The molecular formula is C31H36FN7O3. The number of halogens is 1. The number of nitrogens with two attached hydrogens (primary N) is 1. The summed E-state index contributed by atoms with van der Waals surface area (Å²) in [5.41, 5.74) is 10.7. The van der Waals surface area contributed by atoms with Gasteiger partial charge in [-0.25, -0.2) is 14.4 Å². The standard InChI is InChI=1S/C31H36FN7O3/c1-17(40)37-13-21(14-37)24-7-6-19-9-26(39(29(19)34-24)12-18-4-5-18)30-35-25-8-20(10-27(42-3)28(25)36(30)2)31(41)38-15-22(32)11-23(33)16-38/h6-10,18,21-23H,4-5,11-16,33H2,1-3H3/t22-,23-/m1/s1. The highest BCUT2D eigenvalue weighted by Gasteiger charge is 2.33. The summed E-state index contributed by atoms with van der Waals surface area (Å²) < 4.78 is 24.3. The van der Waals surface area contributed by atoms with Crippen LogP contribution in [0.1, 0.15) is 48.2 Å². The molecule has 3 aromatic heterocycles. The van der Waals surface area contributed by atoms with Crippen LogP contribution in [0.5, 0.6) is 5.75 Å². The number of fused-ring (bicyclic) bond motifs is 2. The average molecular weight is 574 g/mol. The van der Waals surface area contributed by atoms with Gasteiger partial charge in [-0.05, 0) is 55.5 Å². The zero-order chi connectivity index (χ0) is 29.3. The highest BCUT2D eigenvalue weighted by molar-refractivity contribution is 6.00. The molecule has 220 valence electrons. The number of piperidine rings is 1. The number of carbonyl (C=O) groups excluding carboxylic acids is 2. The molecule has 42 heavy (non-hydrogen) atoms. The molecule has 3 fully saturated rings. The van der Waals surface area contributed by atoms with Crippen LogP contribution in [0.25, 0.3) is 33.6 Å². The van der Waals surface area contributed by atoms with Crippen LogP contribution in [-0.4, -0.2) is 86.2 Å². The van der Waals surface area contributed by atoms with Crippen LogP contribution in [0.3, 0.4) is 0 Å². The molecule has 2 saturated heterocycles. The van der Waals surface area contributed by atoms with Gasteiger partial charge < -0.3 is 29.4 Å². The van der Waals surface area contributed by atoms with Crippen molar-refractivity contribution in [2.45, 2.75) is 50.9 Å². The number of aromatic nitrogens is 4. The van der Waals surface area contributed by atoms with E-state index in [0.29, 0.717) is 42.4 Å². The third kappa shape index (κ3) is 4.59. The topological polar surface area (TPSA) is 112 Å². The number of imidazole rings is 1. The fourth-order valence-corrected chi connectivity index (χ4v) is 6.46. The van der Waals surface area contributed by atoms with Crippen molar-refractivity contribution in [3.63, 3.8) is 0 Å². The molecule has 0 bridgehead atoms. The van der Waals surface area contributed by atoms with Gasteiger partial charge in [0.15, 0.2) is 5.82 Å². The quantitative estimate of drug-likeness (QED) is 0.378. The number of amides is 2. The maximum atomic E-state index is 14.2. The molecule has 5 heterocycles. The Balaban J connectivity index is 1.29. The molecule has 2 atom stereocenters. The Morgan fingerprint density at radius 2 is 1.86 bits per heavy atom. The Morgan fingerprint density at radius 3 is 2.55 bits per heavy atom. The number of ether oxygens (including phenoxy) is 1. The number of likely N-dealkylation sites (tertiary alicyclic amines) is 2. The van der Waals surface area contributed by atoms with Crippen LogP contribution in [0.15, 0.2) is 30.3 Å². The van der Waals surface area contributed by atoms with Crippen LogP contribution < -0.4 is 10.5 Å². The molecule has 4 aromatic rings. The van der Waals surface area contributed by atoms with Crippen molar-refractivity contribution < 1.29 is 18.7 Å². The summed E-state index contributed by atoms with van der Waals surface area (Å²) in [4.78, 5) is 38.6. The number of pyridine rings is 1. The fraction of sp³-hybridized carbons (Fsp3) is 0.484. The maximum absolute atomic E-state index is 14.2. The Morgan fingerprint density at radius 1 is 1.07 bits per heavy atom. The van der Waals surface area contributed by atoms with Crippen molar-refractivity contribution in [2.75, 3.05) is 33.3 Å². The number of aryl methyl sites for hydroxylation is 1. The van der Waals surface area contributed by atoms with Gasteiger partial charge in [0.05, 0.1) is 24.9 Å². The molecule has 7 rings (SSSR count). The van der Waals surface area contributed by atoms with E-state index in [4.69, 9.17) is 20.4 Å². The maximum Gasteiger partial charge on any atom is 0.254 e. The third-order valence-electron chi connectivity index (χ3n) is 9.00. The molecule has 2 aliphatic heterocycles. The monoisotopic (exact) mass is 573 g/mol. The number of carbonyl (C=O) groups is 2. The Kier molecular flexibility index (Phi) is 6.45. The normalized spacial score (nSPS) is 21.3. The van der Waals surface area contributed by atoms with Gasteiger partial charge >= 0.3 is 0 Å². The van der Waals surface area contributed by atoms with E-state index in [1.165, 1.54) is 17.7 Å². The molecule has 1 aliphatic carbocycles. The summed E-state index contributed by atoms with van der Waals surface area (Å²) >= 11 is 0. The van der Waals surface area contributed by atoms with Gasteiger partial charge in [-0.3, -0.25) is 9.59 Å². The molecule has 0 spiro atoms. The highest BCUT2D eigenvalue weighted by atomic mass is 19.1. The van der Waals surface area contributed by atoms with Crippen molar-refractivity contribution in [1.29, 1.82) is 0 Å². The van der Waals surface area contributed by atoms with E-state index in [1.54, 1.807) is 26.2 Å². The van der Waals surface area contributed by atoms with Crippen molar-refractivity contribution in [1.82, 2.24) is 28.9 Å². The number of rotatable bonds is 6. The van der Waals surface area contributed by atoms with Gasteiger partial charge in [-0.1, -0.05) is 0 Å². The second-order valence-corrected chi connectivity index (χ2v) is 12.2.